The summed E-state index contributed by atoms with van der Waals surface area (Å²) in [6, 6.07) is 8.51. The van der Waals surface area contributed by atoms with E-state index in [4.69, 9.17) is 4.52 Å². The second-order valence-electron chi connectivity index (χ2n) is 6.67. The monoisotopic (exact) mass is 447 g/mol. The van der Waals surface area contributed by atoms with Crippen molar-refractivity contribution in [3.05, 3.63) is 65.1 Å². The number of halogens is 1. The number of fused-ring (bicyclic) bond motifs is 2. The quantitative estimate of drug-likeness (QED) is 0.476. The molecule has 1 N–H and O–H groups in total. The minimum atomic E-state index is -3.78. The van der Waals surface area contributed by atoms with Crippen molar-refractivity contribution in [3.8, 4) is 5.75 Å². The average molecular weight is 447 g/mol. The molecule has 0 radical (unpaired) electrons. The van der Waals surface area contributed by atoms with E-state index < -0.39 is 27.7 Å². The first kappa shape index (κ1) is 20.2. The molecule has 4 rings (SSSR count). The number of hydrogen-bond acceptors (Lipinski definition) is 6. The van der Waals surface area contributed by atoms with E-state index in [-0.39, 0.29) is 34.6 Å². The van der Waals surface area contributed by atoms with Crippen LogP contribution in [0.3, 0.4) is 0 Å². The maximum atomic E-state index is 13.2. The maximum Gasteiger partial charge on any atom is 0.265 e. The highest BCUT2D eigenvalue weighted by Gasteiger charge is 2.42. The Morgan fingerprint density at radius 2 is 1.80 bits per heavy atom. The first-order valence-corrected chi connectivity index (χ1v) is 11.0. The lowest BCUT2D eigenvalue weighted by Gasteiger charge is -2.14. The molecule has 1 unspecified atom stereocenters. The first-order chi connectivity index (χ1) is 14.2. The molecular formula is C19H15FN3O5PS. The number of pyridine rings is 1. The molecule has 11 heteroatoms. The van der Waals surface area contributed by atoms with Crippen LogP contribution in [0.2, 0.25) is 0 Å². The van der Waals surface area contributed by atoms with Gasteiger partial charge in [-0.3, -0.25) is 24.2 Å². The topological polar surface area (TPSA) is 106 Å². The number of carbonyl (C=O) groups is 2. The van der Waals surface area contributed by atoms with Gasteiger partial charge >= 0.3 is 0 Å². The molecule has 2 amide bonds. The van der Waals surface area contributed by atoms with Gasteiger partial charge in [0.2, 0.25) is 10.0 Å². The van der Waals surface area contributed by atoms with Crippen LogP contribution in [-0.4, -0.2) is 36.4 Å². The second-order valence-corrected chi connectivity index (χ2v) is 8.65. The van der Waals surface area contributed by atoms with Crippen LogP contribution >= 0.6 is 9.47 Å². The number of nitrogens with zero attached hydrogens (tertiary/aromatic N) is 2. The smallest absolute Gasteiger partial charge is 0.265 e. The molecule has 1 aromatic heterocycles. The van der Waals surface area contributed by atoms with E-state index in [9.17, 15) is 22.4 Å². The van der Waals surface area contributed by atoms with Gasteiger partial charge in [0.15, 0.2) is 5.75 Å². The van der Waals surface area contributed by atoms with Gasteiger partial charge in [-0.25, -0.2) is 12.8 Å². The first-order valence-electron chi connectivity index (χ1n) is 8.61. The van der Waals surface area contributed by atoms with Crippen molar-refractivity contribution in [3.63, 3.8) is 0 Å². The lowest BCUT2D eigenvalue weighted by molar-refractivity contribution is 0.0642. The van der Waals surface area contributed by atoms with Crippen LogP contribution in [0.4, 0.5) is 10.1 Å². The van der Waals surface area contributed by atoms with Gasteiger partial charge < -0.3 is 4.52 Å². The van der Waals surface area contributed by atoms with Crippen LogP contribution in [0.15, 0.2) is 42.6 Å². The Labute approximate surface area is 173 Å². The fourth-order valence-corrected chi connectivity index (χ4v) is 4.19. The summed E-state index contributed by atoms with van der Waals surface area (Å²) in [4.78, 5) is 31.5. The predicted molar refractivity (Wildman–Crippen MR) is 111 cm³/mol. The number of amides is 2. The fraction of sp³-hybridized carbons (Fsp3) is 0.105. The minimum absolute atomic E-state index is 0.0404. The molecule has 0 saturated heterocycles. The molecule has 1 atom stereocenters. The minimum Gasteiger partial charge on any atom is -0.477 e. The number of nitrogens with one attached hydrogen (secondary N) is 1. The molecule has 3 aromatic rings. The predicted octanol–water partition coefficient (Wildman–Crippen LogP) is 2.71. The van der Waals surface area contributed by atoms with Crippen LogP contribution in [0.5, 0.6) is 5.75 Å². The maximum absolute atomic E-state index is 13.2. The van der Waals surface area contributed by atoms with Crippen molar-refractivity contribution < 1.29 is 26.9 Å². The van der Waals surface area contributed by atoms with Gasteiger partial charge in [-0.1, -0.05) is 12.1 Å². The summed E-state index contributed by atoms with van der Waals surface area (Å²) in [6.45, 7) is -0.120. The second kappa shape index (κ2) is 7.30. The molecule has 0 aliphatic carbocycles. The molecule has 2 heterocycles. The van der Waals surface area contributed by atoms with Gasteiger partial charge in [-0.2, -0.15) is 0 Å². The van der Waals surface area contributed by atoms with Crippen LogP contribution in [-0.2, 0) is 16.6 Å². The van der Waals surface area contributed by atoms with E-state index in [1.807, 2.05) is 9.47 Å². The van der Waals surface area contributed by atoms with E-state index >= 15 is 0 Å². The third kappa shape index (κ3) is 3.38. The molecule has 8 nitrogen and oxygen atoms in total. The van der Waals surface area contributed by atoms with Crippen LogP contribution in [0.25, 0.3) is 10.9 Å². The van der Waals surface area contributed by atoms with E-state index in [2.05, 4.69) is 9.71 Å². The molecule has 0 saturated carbocycles. The normalized spacial score (nSPS) is 13.6. The highest BCUT2D eigenvalue weighted by Crippen LogP contribution is 2.44. The van der Waals surface area contributed by atoms with Crippen LogP contribution < -0.4 is 9.25 Å². The fourth-order valence-electron chi connectivity index (χ4n) is 3.38. The highest BCUT2D eigenvalue weighted by atomic mass is 32.2. The van der Waals surface area contributed by atoms with Gasteiger partial charge in [0.25, 0.3) is 11.8 Å². The van der Waals surface area contributed by atoms with Gasteiger partial charge in [-0.05, 0) is 29.8 Å². The summed E-state index contributed by atoms with van der Waals surface area (Å²) < 4.78 is 44.8. The summed E-state index contributed by atoms with van der Waals surface area (Å²) in [5.74, 6) is -1.76. The summed E-state index contributed by atoms with van der Waals surface area (Å²) in [7, 11) is -1.76. The van der Waals surface area contributed by atoms with Gasteiger partial charge in [0.05, 0.1) is 39.1 Å². The Balaban J connectivity index is 1.94. The molecule has 154 valence electrons. The Kier molecular flexibility index (Phi) is 4.91. The van der Waals surface area contributed by atoms with Crippen molar-refractivity contribution in [1.82, 2.24) is 9.88 Å². The number of imide groups is 1. The average Bonchev–Trinajstić information content (AvgIpc) is 2.94. The summed E-state index contributed by atoms with van der Waals surface area (Å²) in [5, 5.41) is 0.309. The summed E-state index contributed by atoms with van der Waals surface area (Å²) >= 11 is 0. The zero-order valence-electron chi connectivity index (χ0n) is 15.5. The SMILES string of the molecule is CS(=O)(=O)Nc1c2c(c(OP)c3ncccc13)C(=O)N(Cc1ccc(F)cc1)C2=O. The zero-order valence-corrected chi connectivity index (χ0v) is 17.5. The molecule has 0 fully saturated rings. The molecule has 2 aromatic carbocycles. The number of anilines is 1. The van der Waals surface area contributed by atoms with Crippen molar-refractivity contribution in [1.29, 1.82) is 0 Å². The number of hydrogen-bond donors (Lipinski definition) is 1. The van der Waals surface area contributed by atoms with Gasteiger partial charge in [0.1, 0.15) is 11.3 Å². The highest BCUT2D eigenvalue weighted by molar-refractivity contribution is 7.92. The van der Waals surface area contributed by atoms with E-state index in [1.54, 1.807) is 12.1 Å². The van der Waals surface area contributed by atoms with Crippen molar-refractivity contribution in [2.75, 3.05) is 11.0 Å². The van der Waals surface area contributed by atoms with Gasteiger partial charge in [-0.15, -0.1) is 0 Å². The standard InChI is InChI=1S/C19H15FN3O5PS/c1-30(26,27)22-15-12-3-2-8-21-16(12)17(28-29)14-13(15)18(24)23(19(14)25)9-10-4-6-11(20)7-5-10/h2-8,22H,9,29H2,1H3. The molecule has 1 aliphatic rings. The Hall–Kier alpha value is -3.10. The summed E-state index contributed by atoms with van der Waals surface area (Å²) in [6.07, 6.45) is 2.41. The Bertz CT molecular complexity index is 1310. The Morgan fingerprint density at radius 3 is 2.43 bits per heavy atom. The number of rotatable bonds is 5. The third-order valence-electron chi connectivity index (χ3n) is 4.60. The van der Waals surface area contributed by atoms with Gasteiger partial charge in [0, 0.05) is 11.6 Å². The van der Waals surface area contributed by atoms with Crippen molar-refractivity contribution in [2.45, 2.75) is 6.54 Å². The van der Waals surface area contributed by atoms with Crippen molar-refractivity contribution in [2.24, 2.45) is 0 Å². The zero-order chi connectivity index (χ0) is 21.6. The lowest BCUT2D eigenvalue weighted by Crippen LogP contribution is -2.29. The molecule has 0 spiro atoms. The number of aromatic nitrogens is 1. The van der Waals surface area contributed by atoms with E-state index in [0.29, 0.717) is 10.9 Å². The molecule has 30 heavy (non-hydrogen) atoms. The van der Waals surface area contributed by atoms with Crippen molar-refractivity contribution >= 4 is 47.9 Å². The molecule has 1 aliphatic heterocycles. The van der Waals surface area contributed by atoms with E-state index in [0.717, 1.165) is 11.2 Å². The van der Waals surface area contributed by atoms with E-state index in [1.165, 1.54) is 30.5 Å². The molecule has 0 bridgehead atoms. The lowest BCUT2D eigenvalue weighted by atomic mass is 10.0. The third-order valence-corrected chi connectivity index (χ3v) is 5.41. The number of carbonyl (C=O) groups excluding carboxylic acids is 2. The number of sulfonamides is 1. The van der Waals surface area contributed by atoms with Crippen LogP contribution in [0, 0.1) is 5.82 Å². The van der Waals surface area contributed by atoms with Crippen LogP contribution in [0.1, 0.15) is 26.3 Å². The largest absolute Gasteiger partial charge is 0.477 e. The number of benzene rings is 2. The Morgan fingerprint density at radius 1 is 1.13 bits per heavy atom. The molecular weight excluding hydrogens is 432 g/mol. The summed E-state index contributed by atoms with van der Waals surface area (Å²) in [5.41, 5.74) is 0.503.